The third kappa shape index (κ3) is 4.20. The van der Waals surface area contributed by atoms with Crippen LogP contribution in [0.25, 0.3) is 0 Å². The molecule has 0 atom stereocenters. The molecule has 0 bridgehead atoms. The second-order valence-corrected chi connectivity index (χ2v) is 3.70. The number of carbonyl (C=O) groups is 1. The predicted octanol–water partition coefficient (Wildman–Crippen LogP) is 1.80. The number of ketones is 1. The monoisotopic (exact) mass is 200 g/mol. The molecule has 3 heteroatoms. The van der Waals surface area contributed by atoms with E-state index in [2.05, 4.69) is 0 Å². The summed E-state index contributed by atoms with van der Waals surface area (Å²) in [7, 11) is 0. The van der Waals surface area contributed by atoms with Crippen molar-refractivity contribution in [2.75, 3.05) is 26.4 Å². The molecule has 0 amide bonds. The Kier molecular flexibility index (Phi) is 5.80. The highest BCUT2D eigenvalue weighted by molar-refractivity contribution is 5.82. The number of carbonyl (C=O) groups excluding carboxylic acids is 1. The van der Waals surface area contributed by atoms with Gasteiger partial charge in [0.25, 0.3) is 0 Å². The highest BCUT2D eigenvalue weighted by Gasteiger charge is 2.22. The van der Waals surface area contributed by atoms with Gasteiger partial charge >= 0.3 is 0 Å². The van der Waals surface area contributed by atoms with Crippen LogP contribution < -0.4 is 0 Å². The van der Waals surface area contributed by atoms with Crippen molar-refractivity contribution in [2.45, 2.75) is 32.6 Å². The minimum absolute atomic E-state index is 0.276. The molecule has 14 heavy (non-hydrogen) atoms. The van der Waals surface area contributed by atoms with E-state index in [9.17, 15) is 4.79 Å². The molecule has 0 radical (unpaired) electrons. The van der Waals surface area contributed by atoms with Gasteiger partial charge < -0.3 is 9.47 Å². The number of hydrogen-bond donors (Lipinski definition) is 0. The van der Waals surface area contributed by atoms with Crippen LogP contribution in [0.3, 0.4) is 0 Å². The first-order chi connectivity index (χ1) is 6.84. The molecule has 1 aliphatic rings. The second-order valence-electron chi connectivity index (χ2n) is 3.70. The summed E-state index contributed by atoms with van der Waals surface area (Å²) < 4.78 is 10.3. The maximum absolute atomic E-state index is 11.5. The van der Waals surface area contributed by atoms with Gasteiger partial charge in [0.05, 0.1) is 13.2 Å². The molecular weight excluding hydrogens is 180 g/mol. The summed E-state index contributed by atoms with van der Waals surface area (Å²) in [6.45, 7) is 4.06. The molecule has 1 fully saturated rings. The van der Waals surface area contributed by atoms with Crippen LogP contribution in [0, 0.1) is 5.92 Å². The Hall–Kier alpha value is -0.410. The normalized spacial score (nSPS) is 17.5. The van der Waals surface area contributed by atoms with Crippen molar-refractivity contribution in [3.8, 4) is 0 Å². The summed E-state index contributed by atoms with van der Waals surface area (Å²) in [5.41, 5.74) is 0. The highest BCUT2D eigenvalue weighted by atomic mass is 16.5. The first-order valence-corrected chi connectivity index (χ1v) is 5.52. The summed E-state index contributed by atoms with van der Waals surface area (Å²) >= 11 is 0. The van der Waals surface area contributed by atoms with Gasteiger partial charge in [0, 0.05) is 12.5 Å². The van der Waals surface area contributed by atoms with Crippen molar-refractivity contribution < 1.29 is 14.3 Å². The first-order valence-electron chi connectivity index (χ1n) is 5.52. The van der Waals surface area contributed by atoms with E-state index in [1.165, 1.54) is 12.8 Å². The third-order valence-corrected chi connectivity index (χ3v) is 2.63. The predicted molar refractivity (Wildman–Crippen MR) is 54.3 cm³/mol. The largest absolute Gasteiger partial charge is 0.379 e. The van der Waals surface area contributed by atoms with Gasteiger partial charge in [-0.25, -0.2) is 0 Å². The van der Waals surface area contributed by atoms with Crippen molar-refractivity contribution in [1.29, 1.82) is 0 Å². The zero-order chi connectivity index (χ0) is 10.2. The molecule has 0 aromatic heterocycles. The van der Waals surface area contributed by atoms with Crippen molar-refractivity contribution in [2.24, 2.45) is 5.92 Å². The van der Waals surface area contributed by atoms with Crippen LogP contribution in [0.15, 0.2) is 0 Å². The van der Waals surface area contributed by atoms with E-state index in [1.54, 1.807) is 0 Å². The number of rotatable bonds is 7. The lowest BCUT2D eigenvalue weighted by atomic mass is 10.0. The van der Waals surface area contributed by atoms with E-state index in [1.807, 2.05) is 6.92 Å². The quantitative estimate of drug-likeness (QED) is 0.588. The van der Waals surface area contributed by atoms with Gasteiger partial charge in [-0.1, -0.05) is 12.8 Å². The summed E-state index contributed by atoms with van der Waals surface area (Å²) in [5, 5.41) is 0. The molecule has 1 rings (SSSR count). The average Bonchev–Trinajstić information content (AvgIpc) is 2.70. The maximum atomic E-state index is 11.5. The molecule has 1 saturated carbocycles. The lowest BCUT2D eigenvalue weighted by molar-refractivity contribution is -0.127. The minimum Gasteiger partial charge on any atom is -0.379 e. The number of hydrogen-bond acceptors (Lipinski definition) is 3. The smallest absolute Gasteiger partial charge is 0.161 e. The Balaban J connectivity index is 1.97. The molecule has 3 nitrogen and oxygen atoms in total. The van der Waals surface area contributed by atoms with Gasteiger partial charge in [-0.05, 0) is 19.8 Å². The van der Waals surface area contributed by atoms with Gasteiger partial charge in [-0.3, -0.25) is 4.79 Å². The van der Waals surface area contributed by atoms with Crippen molar-refractivity contribution in [1.82, 2.24) is 0 Å². The van der Waals surface area contributed by atoms with Gasteiger partial charge in [0.2, 0.25) is 0 Å². The molecule has 82 valence electrons. The van der Waals surface area contributed by atoms with E-state index < -0.39 is 0 Å². The Morgan fingerprint density at radius 2 is 1.86 bits per heavy atom. The lowest BCUT2D eigenvalue weighted by Gasteiger charge is -2.08. The van der Waals surface area contributed by atoms with Gasteiger partial charge in [-0.15, -0.1) is 0 Å². The van der Waals surface area contributed by atoms with Crippen molar-refractivity contribution >= 4 is 5.78 Å². The Labute approximate surface area is 85.8 Å². The molecule has 0 aromatic carbocycles. The Bertz CT molecular complexity index is 162. The fourth-order valence-electron chi connectivity index (χ4n) is 1.80. The summed E-state index contributed by atoms with van der Waals surface area (Å²) in [4.78, 5) is 11.5. The molecule has 0 aromatic rings. The fraction of sp³-hybridized carbons (Fsp3) is 0.909. The van der Waals surface area contributed by atoms with E-state index in [-0.39, 0.29) is 18.3 Å². The van der Waals surface area contributed by atoms with Crippen molar-refractivity contribution in [3.05, 3.63) is 0 Å². The van der Waals surface area contributed by atoms with Crippen LogP contribution in [0.1, 0.15) is 32.6 Å². The second kappa shape index (κ2) is 6.96. The van der Waals surface area contributed by atoms with Gasteiger partial charge in [0.1, 0.15) is 6.61 Å². The molecule has 0 spiro atoms. The molecule has 0 unspecified atom stereocenters. The van der Waals surface area contributed by atoms with E-state index in [0.717, 1.165) is 12.8 Å². The van der Waals surface area contributed by atoms with Crippen LogP contribution in [-0.2, 0) is 14.3 Å². The van der Waals surface area contributed by atoms with Crippen LogP contribution in [0.5, 0.6) is 0 Å². The molecule has 0 N–H and O–H groups in total. The van der Waals surface area contributed by atoms with E-state index in [0.29, 0.717) is 19.8 Å². The SMILES string of the molecule is CCOCCOCC(=O)C1CCCC1. The fourth-order valence-corrected chi connectivity index (χ4v) is 1.80. The average molecular weight is 200 g/mol. The number of ether oxygens (including phenoxy) is 2. The summed E-state index contributed by atoms with van der Waals surface area (Å²) in [6.07, 6.45) is 4.53. The van der Waals surface area contributed by atoms with Gasteiger partial charge in [-0.2, -0.15) is 0 Å². The molecule has 0 heterocycles. The van der Waals surface area contributed by atoms with E-state index >= 15 is 0 Å². The van der Waals surface area contributed by atoms with Gasteiger partial charge in [0.15, 0.2) is 5.78 Å². The topological polar surface area (TPSA) is 35.5 Å². The van der Waals surface area contributed by atoms with Crippen LogP contribution in [0.4, 0.5) is 0 Å². The lowest BCUT2D eigenvalue weighted by Crippen LogP contribution is -2.18. The van der Waals surface area contributed by atoms with Crippen LogP contribution >= 0.6 is 0 Å². The van der Waals surface area contributed by atoms with Crippen LogP contribution in [-0.4, -0.2) is 32.2 Å². The minimum atomic E-state index is 0.276. The van der Waals surface area contributed by atoms with E-state index in [4.69, 9.17) is 9.47 Å². The molecule has 1 aliphatic carbocycles. The molecule has 0 saturated heterocycles. The molecular formula is C11H20O3. The highest BCUT2D eigenvalue weighted by Crippen LogP contribution is 2.25. The maximum Gasteiger partial charge on any atom is 0.161 e. The zero-order valence-electron chi connectivity index (χ0n) is 8.96. The zero-order valence-corrected chi connectivity index (χ0v) is 8.96. The Morgan fingerprint density at radius 1 is 1.21 bits per heavy atom. The van der Waals surface area contributed by atoms with Crippen LogP contribution in [0.2, 0.25) is 0 Å². The Morgan fingerprint density at radius 3 is 2.50 bits per heavy atom. The number of Topliss-reactive ketones (excluding diaryl/α,β-unsaturated/α-hetero) is 1. The third-order valence-electron chi connectivity index (χ3n) is 2.63. The first kappa shape index (κ1) is 11.7. The van der Waals surface area contributed by atoms with Crippen molar-refractivity contribution in [3.63, 3.8) is 0 Å². The standard InChI is InChI=1S/C11H20O3/c1-2-13-7-8-14-9-11(12)10-5-3-4-6-10/h10H,2-9H2,1H3. The summed E-state index contributed by atoms with van der Waals surface area (Å²) in [6, 6.07) is 0. The summed E-state index contributed by atoms with van der Waals surface area (Å²) in [5.74, 6) is 0.557. The molecule has 0 aliphatic heterocycles.